The molecule has 1 aliphatic heterocycles. The van der Waals surface area contributed by atoms with Gasteiger partial charge in [-0.15, -0.1) is 0 Å². The second kappa shape index (κ2) is 8.60. The summed E-state index contributed by atoms with van der Waals surface area (Å²) in [7, 11) is -4.19. The minimum atomic E-state index is -3.91. The van der Waals surface area contributed by atoms with E-state index in [1.807, 2.05) is 20.8 Å². The van der Waals surface area contributed by atoms with Crippen molar-refractivity contribution in [2.45, 2.75) is 50.1 Å². The van der Waals surface area contributed by atoms with Gasteiger partial charge in [-0.05, 0) is 68.3 Å². The zero-order valence-electron chi connectivity index (χ0n) is 18.5. The molecule has 33 heavy (non-hydrogen) atoms. The quantitative estimate of drug-likeness (QED) is 0.202. The fourth-order valence-corrected chi connectivity index (χ4v) is 8.89. The number of aryl methyl sites for hydroxylation is 3. The lowest BCUT2D eigenvalue weighted by molar-refractivity contribution is 0.482. The third-order valence-electron chi connectivity index (χ3n) is 5.53. The number of hydrogen-bond acceptors (Lipinski definition) is 4. The van der Waals surface area contributed by atoms with Crippen LogP contribution in [0.15, 0.2) is 114 Å². The molecule has 0 amide bonds. The van der Waals surface area contributed by atoms with Gasteiger partial charge in [-0.3, -0.25) is 0 Å². The van der Waals surface area contributed by atoms with Crippen molar-refractivity contribution in [1.82, 2.24) is 0 Å². The van der Waals surface area contributed by atoms with E-state index >= 15 is 0 Å². The summed E-state index contributed by atoms with van der Waals surface area (Å²) in [6.45, 7) is 5.75. The van der Waals surface area contributed by atoms with Crippen LogP contribution in [0, 0.1) is 20.8 Å². The van der Waals surface area contributed by atoms with E-state index in [2.05, 4.69) is 60.7 Å². The van der Waals surface area contributed by atoms with Gasteiger partial charge in [-0.2, -0.15) is 8.42 Å². The van der Waals surface area contributed by atoms with Crippen molar-refractivity contribution >= 4 is 32.8 Å². The van der Waals surface area contributed by atoms with Gasteiger partial charge in [0, 0.05) is 12.1 Å². The third-order valence-corrected chi connectivity index (χ3v) is 10.5. The van der Waals surface area contributed by atoms with Crippen molar-refractivity contribution in [3.8, 4) is 5.75 Å². The van der Waals surface area contributed by atoms with Gasteiger partial charge in [0.25, 0.3) is 0 Å². The molecule has 0 bridgehead atoms. The zero-order valence-corrected chi connectivity index (χ0v) is 21.0. The van der Waals surface area contributed by atoms with Gasteiger partial charge in [0.15, 0.2) is 14.7 Å². The van der Waals surface area contributed by atoms with Crippen LogP contribution in [0.5, 0.6) is 5.75 Å². The molecule has 0 spiro atoms. The molecule has 4 aromatic rings. The van der Waals surface area contributed by atoms with Gasteiger partial charge in [0.1, 0.15) is 21.5 Å². The van der Waals surface area contributed by atoms with Crippen molar-refractivity contribution < 1.29 is 12.6 Å². The molecule has 0 N–H and O–H groups in total. The first-order chi connectivity index (χ1) is 15.8. The summed E-state index contributed by atoms with van der Waals surface area (Å²) in [6.07, 6.45) is 0. The summed E-state index contributed by atoms with van der Waals surface area (Å²) in [5.74, 6) is 0.399. The Morgan fingerprint density at radius 2 is 1.24 bits per heavy atom. The van der Waals surface area contributed by atoms with Crippen LogP contribution in [0.25, 0.3) is 0 Å². The summed E-state index contributed by atoms with van der Waals surface area (Å²) < 4.78 is 31.5. The minimum Gasteiger partial charge on any atom is -0.378 e. The Hall–Kier alpha value is -2.67. The fourth-order valence-electron chi connectivity index (χ4n) is 3.92. The summed E-state index contributed by atoms with van der Waals surface area (Å²) in [5, 5.41) is 0. The highest BCUT2D eigenvalue weighted by Gasteiger charge is 2.38. The van der Waals surface area contributed by atoms with Crippen molar-refractivity contribution in [1.29, 1.82) is 0 Å². The first-order valence-corrected chi connectivity index (χ1v) is 14.0. The van der Waals surface area contributed by atoms with Crippen LogP contribution in [-0.4, -0.2) is 8.42 Å². The van der Waals surface area contributed by atoms with Crippen LogP contribution in [0.4, 0.5) is 0 Å². The fraction of sp³-hybridized carbons (Fsp3) is 0.111. The maximum absolute atomic E-state index is 12.9. The first kappa shape index (κ1) is 22.1. The van der Waals surface area contributed by atoms with E-state index < -0.39 is 10.1 Å². The average Bonchev–Trinajstić information content (AvgIpc) is 2.80. The second-order valence-electron chi connectivity index (χ2n) is 8.04. The van der Waals surface area contributed by atoms with Crippen LogP contribution < -0.4 is 4.18 Å². The van der Waals surface area contributed by atoms with Gasteiger partial charge in [0.05, 0.1) is 9.79 Å². The first-order valence-electron chi connectivity index (χ1n) is 10.6. The average molecular weight is 492 g/mol. The van der Waals surface area contributed by atoms with E-state index in [0.29, 0.717) is 5.75 Å². The number of fused-ring (bicyclic) bond motifs is 2. The standard InChI is InChI=1S/C27H23O3S3/c1-18-12-14-22(15-13-18)33(28,29)30-27-19(2)16-21(17-20(27)3)32-25-10-6-4-8-23(25)31-24-9-5-7-11-26(24)32/h4-17H,1-3H3/q+1. The maximum Gasteiger partial charge on any atom is 0.339 e. The topological polar surface area (TPSA) is 43.4 Å². The number of benzene rings is 4. The highest BCUT2D eigenvalue weighted by Crippen LogP contribution is 2.48. The lowest BCUT2D eigenvalue weighted by Gasteiger charge is -2.20. The Labute approximate surface area is 202 Å². The minimum absolute atomic E-state index is 0.157. The number of hydrogen-bond donors (Lipinski definition) is 0. The SMILES string of the molecule is Cc1ccc(S(=O)(=O)Oc2c(C)cc([S+]3c4ccccc4Sc4ccccc43)cc2C)cc1. The molecule has 0 aliphatic carbocycles. The smallest absolute Gasteiger partial charge is 0.339 e. The molecule has 1 heterocycles. The lowest BCUT2D eigenvalue weighted by atomic mass is 10.1. The summed E-state index contributed by atoms with van der Waals surface area (Å²) in [6, 6.07) is 27.9. The Morgan fingerprint density at radius 1 is 0.727 bits per heavy atom. The molecule has 6 heteroatoms. The van der Waals surface area contributed by atoms with Crippen LogP contribution in [0.1, 0.15) is 16.7 Å². The van der Waals surface area contributed by atoms with Crippen LogP contribution in [0.2, 0.25) is 0 Å². The van der Waals surface area contributed by atoms with Gasteiger partial charge in [0.2, 0.25) is 0 Å². The molecule has 0 aromatic heterocycles. The summed E-state index contributed by atoms with van der Waals surface area (Å²) >= 11 is 1.80. The molecule has 0 saturated heterocycles. The lowest BCUT2D eigenvalue weighted by Crippen LogP contribution is -2.14. The predicted molar refractivity (Wildman–Crippen MR) is 134 cm³/mol. The molecule has 4 aromatic carbocycles. The Kier molecular flexibility index (Phi) is 5.77. The molecule has 0 radical (unpaired) electrons. The molecule has 5 rings (SSSR count). The largest absolute Gasteiger partial charge is 0.378 e. The molecular formula is C27H23O3S3+. The summed E-state index contributed by atoms with van der Waals surface area (Å²) in [5.41, 5.74) is 2.61. The maximum atomic E-state index is 12.9. The van der Waals surface area contributed by atoms with Gasteiger partial charge in [-0.25, -0.2) is 0 Å². The van der Waals surface area contributed by atoms with E-state index in [0.717, 1.165) is 21.6 Å². The Morgan fingerprint density at radius 3 is 1.79 bits per heavy atom. The third kappa shape index (κ3) is 4.19. The molecule has 0 saturated carbocycles. The van der Waals surface area contributed by atoms with Crippen molar-refractivity contribution in [3.63, 3.8) is 0 Å². The van der Waals surface area contributed by atoms with E-state index in [-0.39, 0.29) is 15.8 Å². The van der Waals surface area contributed by atoms with Crippen molar-refractivity contribution in [2.24, 2.45) is 0 Å². The van der Waals surface area contributed by atoms with Crippen LogP contribution in [0.3, 0.4) is 0 Å². The molecule has 0 unspecified atom stereocenters. The Balaban J connectivity index is 1.57. The molecule has 0 fully saturated rings. The highest BCUT2D eigenvalue weighted by molar-refractivity contribution is 8.04. The van der Waals surface area contributed by atoms with Crippen molar-refractivity contribution in [3.05, 3.63) is 102 Å². The number of rotatable bonds is 4. The normalized spacial score (nSPS) is 13.3. The second-order valence-corrected chi connectivity index (χ2v) is 12.6. The van der Waals surface area contributed by atoms with Gasteiger partial charge >= 0.3 is 10.1 Å². The summed E-state index contributed by atoms with van der Waals surface area (Å²) in [4.78, 5) is 6.42. The zero-order chi connectivity index (χ0) is 23.2. The van der Waals surface area contributed by atoms with E-state index in [4.69, 9.17) is 4.18 Å². The highest BCUT2D eigenvalue weighted by atomic mass is 32.2. The molecular weight excluding hydrogens is 468 g/mol. The molecule has 166 valence electrons. The van der Waals surface area contributed by atoms with Gasteiger partial charge < -0.3 is 4.18 Å². The van der Waals surface area contributed by atoms with Crippen LogP contribution >= 0.6 is 11.8 Å². The predicted octanol–water partition coefficient (Wildman–Crippen LogP) is 6.94. The van der Waals surface area contributed by atoms with Crippen LogP contribution in [-0.2, 0) is 21.0 Å². The van der Waals surface area contributed by atoms with E-state index in [1.165, 1.54) is 19.6 Å². The van der Waals surface area contributed by atoms with Gasteiger partial charge in [-0.1, -0.05) is 53.7 Å². The van der Waals surface area contributed by atoms with Crippen molar-refractivity contribution in [2.75, 3.05) is 0 Å². The van der Waals surface area contributed by atoms with E-state index in [1.54, 1.807) is 36.0 Å². The molecule has 3 nitrogen and oxygen atoms in total. The monoisotopic (exact) mass is 491 g/mol. The molecule has 1 aliphatic rings. The molecule has 0 atom stereocenters. The Bertz CT molecular complexity index is 1390. The van der Waals surface area contributed by atoms with E-state index in [9.17, 15) is 8.42 Å².